The number of nitrogens with zero attached hydrogens (tertiary/aromatic N) is 5. The minimum atomic E-state index is 0.0119. The molecule has 0 bridgehead atoms. The van der Waals surface area contributed by atoms with Gasteiger partial charge in [-0.15, -0.1) is 0 Å². The molecule has 3 fully saturated rings. The average Bonchev–Trinajstić information content (AvgIpc) is 3.47. The van der Waals surface area contributed by atoms with Crippen LogP contribution in [0.2, 0.25) is 0 Å². The predicted molar refractivity (Wildman–Crippen MR) is 145 cm³/mol. The molecule has 0 radical (unpaired) electrons. The molecule has 3 aliphatic rings. The molecule has 1 saturated carbocycles. The summed E-state index contributed by atoms with van der Waals surface area (Å²) in [5.41, 5.74) is 10.1. The molecule has 196 valence electrons. The zero-order valence-electron chi connectivity index (χ0n) is 22.5. The largest absolute Gasteiger partial charge is 0.355 e. The standard InChI is InChI=1S/C29H44N6O/c1-4-24(22-11-7-5-6-10-20(2)16-22)29(36)34-14-9-8-12-26(34)25-17-27-31-28(21(3)18-35(27)32-25)33-15-13-23(30)19-33/h4,17-18,20,22-23,26H,5-16,19,30H2,1-3H3. The first kappa shape index (κ1) is 25.2. The fraction of sp³-hybridized carbons (Fsp3) is 0.690. The van der Waals surface area contributed by atoms with Gasteiger partial charge in [0, 0.05) is 49.1 Å². The number of carbonyl (C=O) groups excluding carboxylic acids is 1. The molecule has 36 heavy (non-hydrogen) atoms. The number of amides is 1. The normalized spacial score (nSPS) is 28.4. The molecule has 2 saturated heterocycles. The minimum absolute atomic E-state index is 0.0119. The van der Waals surface area contributed by atoms with E-state index in [2.05, 4.69) is 48.9 Å². The van der Waals surface area contributed by atoms with E-state index in [-0.39, 0.29) is 18.0 Å². The number of fused-ring (bicyclic) bond motifs is 1. The zero-order valence-corrected chi connectivity index (χ0v) is 22.5. The van der Waals surface area contributed by atoms with Crippen molar-refractivity contribution >= 4 is 17.4 Å². The quantitative estimate of drug-likeness (QED) is 0.595. The Hall–Kier alpha value is -2.41. The van der Waals surface area contributed by atoms with E-state index in [1.54, 1.807) is 0 Å². The van der Waals surface area contributed by atoms with Crippen LogP contribution >= 0.6 is 0 Å². The van der Waals surface area contributed by atoms with Gasteiger partial charge in [-0.3, -0.25) is 4.79 Å². The highest BCUT2D eigenvalue weighted by Crippen LogP contribution is 2.37. The van der Waals surface area contributed by atoms with E-state index in [9.17, 15) is 4.79 Å². The van der Waals surface area contributed by atoms with E-state index in [1.807, 2.05) is 4.52 Å². The van der Waals surface area contributed by atoms with Gasteiger partial charge in [-0.05, 0) is 64.2 Å². The van der Waals surface area contributed by atoms with Crippen molar-refractivity contribution in [2.45, 2.75) is 97.1 Å². The monoisotopic (exact) mass is 492 g/mol. The van der Waals surface area contributed by atoms with Crippen molar-refractivity contribution in [2.24, 2.45) is 17.6 Å². The van der Waals surface area contributed by atoms with Gasteiger partial charge in [-0.1, -0.05) is 38.7 Å². The molecule has 2 aromatic rings. The first-order valence-corrected chi connectivity index (χ1v) is 14.3. The molecule has 0 aromatic carbocycles. The Kier molecular flexibility index (Phi) is 7.65. The van der Waals surface area contributed by atoms with Gasteiger partial charge in [-0.2, -0.15) is 5.10 Å². The van der Waals surface area contributed by atoms with Crippen LogP contribution in [0.1, 0.15) is 95.4 Å². The lowest BCUT2D eigenvalue weighted by atomic mass is 9.80. The van der Waals surface area contributed by atoms with Gasteiger partial charge in [0.2, 0.25) is 5.91 Å². The number of hydrogen-bond acceptors (Lipinski definition) is 5. The summed E-state index contributed by atoms with van der Waals surface area (Å²) in [7, 11) is 0. The van der Waals surface area contributed by atoms with Crippen LogP contribution < -0.4 is 10.6 Å². The van der Waals surface area contributed by atoms with Gasteiger partial charge in [0.05, 0.1) is 11.7 Å². The molecule has 7 heteroatoms. The van der Waals surface area contributed by atoms with Crippen LogP contribution in [0.3, 0.4) is 0 Å². The van der Waals surface area contributed by atoms with Crippen LogP contribution in [0.25, 0.3) is 5.65 Å². The van der Waals surface area contributed by atoms with Crippen molar-refractivity contribution in [3.05, 3.63) is 35.2 Å². The molecule has 2 aromatic heterocycles. The third-order valence-corrected chi connectivity index (χ3v) is 8.69. The average molecular weight is 493 g/mol. The molecule has 2 aliphatic heterocycles. The summed E-state index contributed by atoms with van der Waals surface area (Å²) in [6.45, 7) is 9.11. The van der Waals surface area contributed by atoms with Gasteiger partial charge < -0.3 is 15.5 Å². The molecular formula is C29H44N6O. The molecule has 1 amide bonds. The Labute approximate surface area is 216 Å². The lowest BCUT2D eigenvalue weighted by Crippen LogP contribution is -2.41. The Balaban J connectivity index is 1.40. The summed E-state index contributed by atoms with van der Waals surface area (Å²) < 4.78 is 1.90. The predicted octanol–water partition coefficient (Wildman–Crippen LogP) is 5.18. The Bertz CT molecular complexity index is 1110. The Morgan fingerprint density at radius 3 is 2.67 bits per heavy atom. The molecule has 4 atom stereocenters. The number of allylic oxidation sites excluding steroid dienone is 1. The van der Waals surface area contributed by atoms with Crippen molar-refractivity contribution in [1.29, 1.82) is 0 Å². The molecule has 0 spiro atoms. The number of aromatic nitrogens is 3. The second-order valence-electron chi connectivity index (χ2n) is 11.5. The second-order valence-corrected chi connectivity index (χ2v) is 11.5. The molecule has 2 N–H and O–H groups in total. The molecule has 1 aliphatic carbocycles. The lowest BCUT2D eigenvalue weighted by molar-refractivity contribution is -0.131. The molecule has 4 unspecified atom stereocenters. The van der Waals surface area contributed by atoms with E-state index >= 15 is 0 Å². The lowest BCUT2D eigenvalue weighted by Gasteiger charge is -2.37. The highest BCUT2D eigenvalue weighted by Gasteiger charge is 2.34. The van der Waals surface area contributed by atoms with Crippen molar-refractivity contribution in [2.75, 3.05) is 24.5 Å². The summed E-state index contributed by atoms with van der Waals surface area (Å²) in [6.07, 6.45) is 15.7. The summed E-state index contributed by atoms with van der Waals surface area (Å²) >= 11 is 0. The van der Waals surface area contributed by atoms with Crippen molar-refractivity contribution in [3.63, 3.8) is 0 Å². The maximum atomic E-state index is 14.0. The van der Waals surface area contributed by atoms with Crippen molar-refractivity contribution in [3.8, 4) is 0 Å². The first-order chi connectivity index (χ1) is 17.4. The van der Waals surface area contributed by atoms with Gasteiger partial charge in [0.1, 0.15) is 5.82 Å². The van der Waals surface area contributed by atoms with Crippen LogP contribution in [-0.4, -0.2) is 51.1 Å². The summed E-state index contributed by atoms with van der Waals surface area (Å²) in [6, 6.07) is 2.33. The first-order valence-electron chi connectivity index (χ1n) is 14.3. The number of aryl methyl sites for hydroxylation is 1. The molecule has 4 heterocycles. The van der Waals surface area contributed by atoms with E-state index in [0.717, 1.165) is 86.5 Å². The number of carbonyl (C=O) groups is 1. The number of anilines is 1. The Morgan fingerprint density at radius 2 is 1.89 bits per heavy atom. The Morgan fingerprint density at radius 1 is 1.08 bits per heavy atom. The number of hydrogen-bond donors (Lipinski definition) is 1. The number of rotatable bonds is 4. The SMILES string of the molecule is CC=C(C(=O)N1CCCCC1c1cc2nc(N3CCC(N)C3)c(C)cn2n1)C1CCCCCC(C)C1. The summed E-state index contributed by atoms with van der Waals surface area (Å²) in [5.74, 6) is 2.29. The number of nitrogens with two attached hydrogens (primary N) is 1. The fourth-order valence-electron chi connectivity index (χ4n) is 6.73. The highest BCUT2D eigenvalue weighted by atomic mass is 16.2. The van der Waals surface area contributed by atoms with Crippen LogP contribution in [0.15, 0.2) is 23.9 Å². The molecule has 7 nitrogen and oxygen atoms in total. The molecule has 5 rings (SSSR count). The second kappa shape index (κ2) is 10.9. The number of likely N-dealkylation sites (tertiary alicyclic amines) is 1. The maximum Gasteiger partial charge on any atom is 0.250 e. The molecular weight excluding hydrogens is 448 g/mol. The summed E-state index contributed by atoms with van der Waals surface area (Å²) in [4.78, 5) is 23.4. The van der Waals surface area contributed by atoms with Crippen LogP contribution in [-0.2, 0) is 4.79 Å². The highest BCUT2D eigenvalue weighted by molar-refractivity contribution is 5.94. The van der Waals surface area contributed by atoms with Crippen LogP contribution in [0.5, 0.6) is 0 Å². The van der Waals surface area contributed by atoms with Gasteiger partial charge in [-0.25, -0.2) is 9.50 Å². The van der Waals surface area contributed by atoms with Gasteiger partial charge in [0.25, 0.3) is 0 Å². The third-order valence-electron chi connectivity index (χ3n) is 8.69. The van der Waals surface area contributed by atoms with Crippen molar-refractivity contribution in [1.82, 2.24) is 19.5 Å². The van der Waals surface area contributed by atoms with E-state index in [1.165, 1.54) is 25.7 Å². The minimum Gasteiger partial charge on any atom is -0.355 e. The van der Waals surface area contributed by atoms with E-state index in [4.69, 9.17) is 15.8 Å². The van der Waals surface area contributed by atoms with Gasteiger partial charge >= 0.3 is 0 Å². The topological polar surface area (TPSA) is 79.8 Å². The number of piperidine rings is 1. The van der Waals surface area contributed by atoms with Crippen molar-refractivity contribution < 1.29 is 4.79 Å². The van der Waals surface area contributed by atoms with E-state index in [0.29, 0.717) is 11.8 Å². The maximum absolute atomic E-state index is 14.0. The smallest absolute Gasteiger partial charge is 0.250 e. The van der Waals surface area contributed by atoms with Crippen LogP contribution in [0.4, 0.5) is 5.82 Å². The zero-order chi connectivity index (χ0) is 25.2. The third kappa shape index (κ3) is 5.17. The van der Waals surface area contributed by atoms with Gasteiger partial charge in [0.15, 0.2) is 5.65 Å². The van der Waals surface area contributed by atoms with E-state index < -0.39 is 0 Å². The fourth-order valence-corrected chi connectivity index (χ4v) is 6.73. The summed E-state index contributed by atoms with van der Waals surface area (Å²) in [5, 5.41) is 4.95. The van der Waals surface area contributed by atoms with Crippen LogP contribution in [0, 0.1) is 18.8 Å².